The second kappa shape index (κ2) is 8.91. The molecule has 0 aliphatic carbocycles. The lowest BCUT2D eigenvalue weighted by atomic mass is 9.99. The molecule has 0 spiro atoms. The Morgan fingerprint density at radius 2 is 1.73 bits per heavy atom. The van der Waals surface area contributed by atoms with Crippen molar-refractivity contribution in [2.75, 3.05) is 11.5 Å². The minimum absolute atomic E-state index is 0.0370. The summed E-state index contributed by atoms with van der Waals surface area (Å²) in [5.41, 5.74) is 2.27. The third-order valence-electron chi connectivity index (χ3n) is 3.22. The first-order chi connectivity index (χ1) is 10.8. The van der Waals surface area contributed by atoms with Crippen molar-refractivity contribution in [1.29, 1.82) is 5.26 Å². The second-order valence-electron chi connectivity index (χ2n) is 4.87. The van der Waals surface area contributed by atoms with E-state index in [1.165, 1.54) is 17.3 Å². The molecule has 1 unspecified atom stereocenters. The summed E-state index contributed by atoms with van der Waals surface area (Å²) in [6.07, 6.45) is 0.750. The Morgan fingerprint density at radius 1 is 1.09 bits per heavy atom. The molecule has 2 aromatic rings. The summed E-state index contributed by atoms with van der Waals surface area (Å²) in [5.74, 6) is 0.610. The van der Waals surface area contributed by atoms with E-state index in [1.807, 2.05) is 54.6 Å². The Kier molecular flexibility index (Phi) is 6.53. The van der Waals surface area contributed by atoms with Crippen LogP contribution in [0.5, 0.6) is 0 Å². The molecule has 22 heavy (non-hydrogen) atoms. The van der Waals surface area contributed by atoms with Gasteiger partial charge in [-0.15, -0.1) is 11.8 Å². The van der Waals surface area contributed by atoms with E-state index < -0.39 is 0 Å². The number of thioether (sulfide) groups is 1. The predicted molar refractivity (Wildman–Crippen MR) is 90.4 cm³/mol. The maximum atomic E-state index is 12.1. The van der Waals surface area contributed by atoms with E-state index in [2.05, 4.69) is 17.4 Å². The van der Waals surface area contributed by atoms with Gasteiger partial charge in [0.1, 0.15) is 0 Å². The van der Waals surface area contributed by atoms with E-state index in [0.717, 1.165) is 12.0 Å². The van der Waals surface area contributed by atoms with Crippen molar-refractivity contribution in [3.63, 3.8) is 0 Å². The van der Waals surface area contributed by atoms with E-state index in [1.54, 1.807) is 0 Å². The van der Waals surface area contributed by atoms with Crippen LogP contribution in [0.3, 0.4) is 0 Å². The third kappa shape index (κ3) is 5.27. The molecule has 4 heteroatoms. The van der Waals surface area contributed by atoms with Crippen molar-refractivity contribution < 1.29 is 4.79 Å². The van der Waals surface area contributed by atoms with Gasteiger partial charge in [0.2, 0.25) is 5.91 Å². The van der Waals surface area contributed by atoms with Gasteiger partial charge >= 0.3 is 0 Å². The summed E-state index contributed by atoms with van der Waals surface area (Å²) >= 11 is 1.33. The Labute approximate surface area is 135 Å². The highest BCUT2D eigenvalue weighted by molar-refractivity contribution is 8.00. The van der Waals surface area contributed by atoms with E-state index >= 15 is 0 Å². The van der Waals surface area contributed by atoms with Crippen LogP contribution < -0.4 is 5.32 Å². The first-order valence-electron chi connectivity index (χ1n) is 7.12. The molecule has 0 fully saturated rings. The van der Waals surface area contributed by atoms with Crippen molar-refractivity contribution >= 4 is 17.7 Å². The molecule has 0 saturated carbocycles. The van der Waals surface area contributed by atoms with Crippen LogP contribution in [0.2, 0.25) is 0 Å². The van der Waals surface area contributed by atoms with Crippen LogP contribution in [0.4, 0.5) is 0 Å². The topological polar surface area (TPSA) is 52.9 Å². The number of nitrogens with zero attached hydrogens (tertiary/aromatic N) is 1. The zero-order valence-electron chi connectivity index (χ0n) is 12.2. The molecule has 0 heterocycles. The number of amides is 1. The van der Waals surface area contributed by atoms with Gasteiger partial charge in [0.05, 0.1) is 23.6 Å². The molecule has 0 saturated heterocycles. The Balaban J connectivity index is 2.05. The summed E-state index contributed by atoms with van der Waals surface area (Å²) in [5, 5.41) is 11.6. The summed E-state index contributed by atoms with van der Waals surface area (Å²) in [6, 6.07) is 22.1. The summed E-state index contributed by atoms with van der Waals surface area (Å²) in [7, 11) is 0. The minimum Gasteiger partial charge on any atom is -0.348 e. The van der Waals surface area contributed by atoms with E-state index in [9.17, 15) is 4.79 Å². The summed E-state index contributed by atoms with van der Waals surface area (Å²) < 4.78 is 0. The molecular weight excluding hydrogens is 292 g/mol. The third-order valence-corrected chi connectivity index (χ3v) is 4.02. The van der Waals surface area contributed by atoms with Gasteiger partial charge in [-0.25, -0.2) is 0 Å². The number of benzene rings is 2. The fourth-order valence-corrected chi connectivity index (χ4v) is 2.67. The zero-order chi connectivity index (χ0) is 15.6. The first kappa shape index (κ1) is 16.1. The fourth-order valence-electron chi connectivity index (χ4n) is 2.21. The van der Waals surface area contributed by atoms with Crippen molar-refractivity contribution in [2.45, 2.75) is 12.5 Å². The van der Waals surface area contributed by atoms with E-state index in [-0.39, 0.29) is 11.9 Å². The van der Waals surface area contributed by atoms with Crippen LogP contribution in [0.15, 0.2) is 60.7 Å². The first-order valence-corrected chi connectivity index (χ1v) is 8.28. The molecule has 2 aromatic carbocycles. The number of hydrogen-bond acceptors (Lipinski definition) is 3. The standard InChI is InChI=1S/C18H18N2OS/c19-11-12-22-14-18(21)20-17(16-9-5-2-6-10-16)13-15-7-3-1-4-8-15/h1-10,17H,12-14H2,(H,20,21). The fraction of sp³-hybridized carbons (Fsp3) is 0.222. The lowest BCUT2D eigenvalue weighted by molar-refractivity contribution is -0.119. The Morgan fingerprint density at radius 3 is 2.36 bits per heavy atom. The van der Waals surface area contributed by atoms with Crippen LogP contribution in [0.25, 0.3) is 0 Å². The monoisotopic (exact) mass is 310 g/mol. The van der Waals surface area contributed by atoms with Gasteiger partial charge in [-0.05, 0) is 17.5 Å². The van der Waals surface area contributed by atoms with Crippen LogP contribution in [0, 0.1) is 11.3 Å². The molecule has 1 atom stereocenters. The lowest BCUT2D eigenvalue weighted by Gasteiger charge is -2.19. The highest BCUT2D eigenvalue weighted by atomic mass is 32.2. The van der Waals surface area contributed by atoms with Gasteiger partial charge in [-0.2, -0.15) is 5.26 Å². The Hall–Kier alpha value is -2.25. The predicted octanol–water partition coefficient (Wildman–Crippen LogP) is 3.34. The maximum Gasteiger partial charge on any atom is 0.230 e. The average Bonchev–Trinajstić information content (AvgIpc) is 2.56. The summed E-state index contributed by atoms with van der Waals surface area (Å²) in [4.78, 5) is 12.1. The molecule has 1 N–H and O–H groups in total. The normalized spacial score (nSPS) is 11.4. The second-order valence-corrected chi connectivity index (χ2v) is 5.86. The van der Waals surface area contributed by atoms with Crippen LogP contribution in [0.1, 0.15) is 17.2 Å². The highest BCUT2D eigenvalue weighted by Crippen LogP contribution is 2.18. The van der Waals surface area contributed by atoms with Gasteiger partial charge < -0.3 is 5.32 Å². The quantitative estimate of drug-likeness (QED) is 0.798. The van der Waals surface area contributed by atoms with Crippen molar-refractivity contribution in [3.8, 4) is 6.07 Å². The smallest absolute Gasteiger partial charge is 0.230 e. The largest absolute Gasteiger partial charge is 0.348 e. The summed E-state index contributed by atoms with van der Waals surface area (Å²) in [6.45, 7) is 0. The molecular formula is C18H18N2OS. The average molecular weight is 310 g/mol. The molecule has 0 aliphatic rings. The Bertz CT molecular complexity index is 623. The maximum absolute atomic E-state index is 12.1. The van der Waals surface area contributed by atoms with Gasteiger partial charge in [0, 0.05) is 0 Å². The number of nitriles is 1. The zero-order valence-corrected chi connectivity index (χ0v) is 13.1. The lowest BCUT2D eigenvalue weighted by Crippen LogP contribution is -2.31. The molecule has 3 nitrogen and oxygen atoms in total. The SMILES string of the molecule is N#CCSCC(=O)NC(Cc1ccccc1)c1ccccc1. The molecule has 0 radical (unpaired) electrons. The van der Waals surface area contributed by atoms with E-state index in [0.29, 0.717) is 11.5 Å². The van der Waals surface area contributed by atoms with Gasteiger partial charge in [0.15, 0.2) is 0 Å². The molecule has 0 aliphatic heterocycles. The van der Waals surface area contributed by atoms with Crippen molar-refractivity contribution in [2.24, 2.45) is 0 Å². The molecule has 0 bridgehead atoms. The minimum atomic E-state index is -0.0567. The number of carbonyl (C=O) groups excluding carboxylic acids is 1. The van der Waals surface area contributed by atoms with Crippen molar-refractivity contribution in [3.05, 3.63) is 71.8 Å². The molecule has 0 aromatic heterocycles. The van der Waals surface area contributed by atoms with Crippen molar-refractivity contribution in [1.82, 2.24) is 5.32 Å². The number of nitrogens with one attached hydrogen (secondary N) is 1. The van der Waals surface area contributed by atoms with Gasteiger partial charge in [-0.1, -0.05) is 60.7 Å². The van der Waals surface area contributed by atoms with Gasteiger partial charge in [0.25, 0.3) is 0 Å². The number of rotatable bonds is 7. The molecule has 1 amide bonds. The highest BCUT2D eigenvalue weighted by Gasteiger charge is 2.15. The van der Waals surface area contributed by atoms with Gasteiger partial charge in [-0.3, -0.25) is 4.79 Å². The molecule has 112 valence electrons. The number of carbonyl (C=O) groups is 1. The number of hydrogen-bond donors (Lipinski definition) is 1. The van der Waals surface area contributed by atoms with E-state index in [4.69, 9.17) is 5.26 Å². The van der Waals surface area contributed by atoms with Crippen LogP contribution in [-0.4, -0.2) is 17.4 Å². The molecule has 2 rings (SSSR count). The van der Waals surface area contributed by atoms with Crippen LogP contribution >= 0.6 is 11.8 Å². The van der Waals surface area contributed by atoms with Crippen LogP contribution in [-0.2, 0) is 11.2 Å².